The van der Waals surface area contributed by atoms with Crippen molar-refractivity contribution in [2.75, 3.05) is 13.2 Å². The molecule has 1 amide bonds. The van der Waals surface area contributed by atoms with Gasteiger partial charge in [-0.1, -0.05) is 23.2 Å². The summed E-state index contributed by atoms with van der Waals surface area (Å²) in [6.45, 7) is 0.422. The van der Waals surface area contributed by atoms with Gasteiger partial charge in [-0.05, 0) is 18.9 Å². The maximum absolute atomic E-state index is 12.1. The number of aromatic nitrogens is 1. The Labute approximate surface area is 126 Å². The molecule has 1 heterocycles. The molecule has 0 saturated heterocycles. The molecule has 0 bridgehead atoms. The van der Waals surface area contributed by atoms with Crippen LogP contribution in [0.2, 0.25) is 0 Å². The number of allylic oxidation sites excluding steroid dienone is 1. The molecule has 5 nitrogen and oxygen atoms in total. The molecule has 0 atom stereocenters. The van der Waals surface area contributed by atoms with Gasteiger partial charge in [-0.2, -0.15) is 5.26 Å². The fourth-order valence-electron chi connectivity index (χ4n) is 2.19. The first-order valence-corrected chi connectivity index (χ1v) is 6.84. The van der Waals surface area contributed by atoms with Crippen LogP contribution in [0.25, 0.3) is 5.03 Å². The Morgan fingerprint density at radius 3 is 3.00 bits per heavy atom. The summed E-state index contributed by atoms with van der Waals surface area (Å²) in [7, 11) is 1.82. The standard InChI is InChI=1S/C13H13Cl2N3O2/c1-18-10-3-2-9(14)12(15)8(10)6-11(18)13(19)17-4-5-20-7-16/h6H,2-5H2,1H3,(H,17,19). The molecule has 0 radical (unpaired) electrons. The first kappa shape index (κ1) is 14.8. The highest BCUT2D eigenvalue weighted by Crippen LogP contribution is 2.37. The van der Waals surface area contributed by atoms with Gasteiger partial charge >= 0.3 is 0 Å². The lowest BCUT2D eigenvalue weighted by molar-refractivity contribution is 0.0936. The van der Waals surface area contributed by atoms with Crippen LogP contribution in [0.3, 0.4) is 0 Å². The second kappa shape index (κ2) is 6.21. The van der Waals surface area contributed by atoms with Gasteiger partial charge in [-0.15, -0.1) is 0 Å². The van der Waals surface area contributed by atoms with E-state index in [1.165, 1.54) is 0 Å². The van der Waals surface area contributed by atoms with Crippen molar-refractivity contribution >= 4 is 34.1 Å². The smallest absolute Gasteiger partial charge is 0.286 e. The summed E-state index contributed by atoms with van der Waals surface area (Å²) in [5.41, 5.74) is 2.32. The van der Waals surface area contributed by atoms with Crippen LogP contribution in [-0.2, 0) is 18.2 Å². The number of nitriles is 1. The first-order chi connectivity index (χ1) is 9.56. The molecule has 20 heavy (non-hydrogen) atoms. The Bertz CT molecular complexity index is 614. The number of hydrogen-bond acceptors (Lipinski definition) is 3. The highest BCUT2D eigenvalue weighted by molar-refractivity contribution is 6.55. The second-order valence-corrected chi connectivity index (χ2v) is 5.20. The minimum atomic E-state index is -0.232. The average molecular weight is 314 g/mol. The minimum Gasteiger partial charge on any atom is -0.426 e. The van der Waals surface area contributed by atoms with Gasteiger partial charge in [0.2, 0.25) is 0 Å². The number of ether oxygens (including phenoxy) is 1. The molecule has 0 fully saturated rings. The third-order valence-corrected chi connectivity index (χ3v) is 4.11. The molecule has 2 rings (SSSR count). The number of nitrogens with one attached hydrogen (secondary N) is 1. The number of amides is 1. The van der Waals surface area contributed by atoms with E-state index in [2.05, 4.69) is 10.1 Å². The molecule has 1 N–H and O–H groups in total. The van der Waals surface area contributed by atoms with Crippen LogP contribution in [0.5, 0.6) is 0 Å². The maximum Gasteiger partial charge on any atom is 0.286 e. The van der Waals surface area contributed by atoms with Crippen molar-refractivity contribution in [3.63, 3.8) is 0 Å². The lowest BCUT2D eigenvalue weighted by Crippen LogP contribution is -2.28. The van der Waals surface area contributed by atoms with E-state index < -0.39 is 0 Å². The number of nitrogens with zero attached hydrogens (tertiary/aromatic N) is 2. The summed E-state index contributed by atoms with van der Waals surface area (Å²) in [4.78, 5) is 12.1. The molecule has 0 saturated carbocycles. The van der Waals surface area contributed by atoms with Crippen LogP contribution < -0.4 is 5.32 Å². The molecule has 1 aliphatic carbocycles. The van der Waals surface area contributed by atoms with E-state index in [0.29, 0.717) is 22.2 Å². The maximum atomic E-state index is 12.1. The summed E-state index contributed by atoms with van der Waals surface area (Å²) >= 11 is 12.2. The highest BCUT2D eigenvalue weighted by atomic mass is 35.5. The van der Waals surface area contributed by atoms with E-state index >= 15 is 0 Å². The second-order valence-electron chi connectivity index (χ2n) is 4.36. The van der Waals surface area contributed by atoms with E-state index in [4.69, 9.17) is 28.5 Å². The van der Waals surface area contributed by atoms with Gasteiger partial charge in [0.1, 0.15) is 12.3 Å². The number of carbonyl (C=O) groups excluding carboxylic acids is 1. The normalized spacial score (nSPS) is 13.7. The quantitative estimate of drug-likeness (QED) is 0.685. The highest BCUT2D eigenvalue weighted by Gasteiger charge is 2.24. The summed E-state index contributed by atoms with van der Waals surface area (Å²) in [6, 6.07) is 1.74. The Balaban J connectivity index is 2.17. The Kier molecular flexibility index (Phi) is 4.58. The van der Waals surface area contributed by atoms with E-state index in [0.717, 1.165) is 17.7 Å². The van der Waals surface area contributed by atoms with Crippen LogP contribution >= 0.6 is 23.2 Å². The van der Waals surface area contributed by atoms with Crippen molar-refractivity contribution in [2.24, 2.45) is 7.05 Å². The predicted octanol–water partition coefficient (Wildman–Crippen LogP) is 2.34. The van der Waals surface area contributed by atoms with Crippen LogP contribution in [-0.4, -0.2) is 23.6 Å². The first-order valence-electron chi connectivity index (χ1n) is 6.08. The third-order valence-electron chi connectivity index (χ3n) is 3.20. The van der Waals surface area contributed by atoms with Gasteiger partial charge in [0.25, 0.3) is 12.2 Å². The van der Waals surface area contributed by atoms with Gasteiger partial charge in [-0.3, -0.25) is 4.79 Å². The minimum absolute atomic E-state index is 0.152. The Morgan fingerprint density at radius 2 is 2.30 bits per heavy atom. The van der Waals surface area contributed by atoms with E-state index in [1.54, 1.807) is 12.3 Å². The molecule has 0 aromatic carbocycles. The lowest BCUT2D eigenvalue weighted by atomic mass is 10.0. The molecule has 1 aliphatic rings. The van der Waals surface area contributed by atoms with Crippen molar-refractivity contribution in [1.29, 1.82) is 5.26 Å². The Morgan fingerprint density at radius 1 is 1.55 bits per heavy atom. The van der Waals surface area contributed by atoms with Gasteiger partial charge in [0.15, 0.2) is 0 Å². The van der Waals surface area contributed by atoms with Crippen LogP contribution in [0.15, 0.2) is 11.1 Å². The van der Waals surface area contributed by atoms with E-state index in [1.807, 2.05) is 11.6 Å². The van der Waals surface area contributed by atoms with E-state index in [-0.39, 0.29) is 19.1 Å². The molecular formula is C13H13Cl2N3O2. The van der Waals surface area contributed by atoms with Crippen molar-refractivity contribution in [1.82, 2.24) is 9.88 Å². The van der Waals surface area contributed by atoms with Gasteiger partial charge in [-0.25, -0.2) is 0 Å². The lowest BCUT2D eigenvalue weighted by Gasteiger charge is -2.14. The molecule has 0 aliphatic heterocycles. The molecule has 1 aromatic heterocycles. The van der Waals surface area contributed by atoms with Crippen molar-refractivity contribution < 1.29 is 9.53 Å². The van der Waals surface area contributed by atoms with Crippen LogP contribution in [0.1, 0.15) is 28.2 Å². The predicted molar refractivity (Wildman–Crippen MR) is 76.3 cm³/mol. The zero-order valence-electron chi connectivity index (χ0n) is 10.9. The summed E-state index contributed by atoms with van der Waals surface area (Å²) in [5.74, 6) is -0.232. The fourth-order valence-corrected chi connectivity index (χ4v) is 2.64. The average Bonchev–Trinajstić information content (AvgIpc) is 2.77. The van der Waals surface area contributed by atoms with Gasteiger partial charge in [0.05, 0.1) is 11.6 Å². The summed E-state index contributed by atoms with van der Waals surface area (Å²) in [5, 5.41) is 12.1. The molecule has 106 valence electrons. The third kappa shape index (κ3) is 2.77. The number of fused-ring (bicyclic) bond motifs is 1. The number of hydrogen-bond donors (Lipinski definition) is 1. The topological polar surface area (TPSA) is 67.1 Å². The van der Waals surface area contributed by atoms with Crippen LogP contribution in [0, 0.1) is 11.5 Å². The number of halogens is 2. The zero-order valence-corrected chi connectivity index (χ0v) is 12.4. The molecule has 1 aromatic rings. The monoisotopic (exact) mass is 313 g/mol. The van der Waals surface area contributed by atoms with Crippen LogP contribution in [0.4, 0.5) is 0 Å². The summed E-state index contributed by atoms with van der Waals surface area (Å²) in [6.07, 6.45) is 2.99. The molecule has 0 spiro atoms. The van der Waals surface area contributed by atoms with Crippen molar-refractivity contribution in [2.45, 2.75) is 12.8 Å². The van der Waals surface area contributed by atoms with Crippen molar-refractivity contribution in [3.05, 3.63) is 28.0 Å². The molecule has 7 heteroatoms. The molecule has 0 unspecified atom stereocenters. The van der Waals surface area contributed by atoms with Crippen molar-refractivity contribution in [3.8, 4) is 6.26 Å². The summed E-state index contributed by atoms with van der Waals surface area (Å²) < 4.78 is 6.32. The van der Waals surface area contributed by atoms with Gasteiger partial charge in [0, 0.05) is 23.3 Å². The number of carbonyl (C=O) groups is 1. The Hall–Kier alpha value is -1.64. The zero-order chi connectivity index (χ0) is 14.7. The largest absolute Gasteiger partial charge is 0.426 e. The number of rotatable bonds is 4. The van der Waals surface area contributed by atoms with Gasteiger partial charge < -0.3 is 14.6 Å². The fraction of sp³-hybridized carbons (Fsp3) is 0.385. The SMILES string of the molecule is Cn1c(C(=O)NCCOC#N)cc2c1CCC(Cl)=C2Cl. The molecular weight excluding hydrogens is 301 g/mol. The van der Waals surface area contributed by atoms with E-state index in [9.17, 15) is 4.79 Å².